The van der Waals surface area contributed by atoms with Gasteiger partial charge in [0.05, 0.1) is 25.4 Å². The first-order valence-electron chi connectivity index (χ1n) is 10.4. The number of ether oxygens (including phenoxy) is 2. The third-order valence-corrected chi connectivity index (χ3v) is 5.90. The van der Waals surface area contributed by atoms with Crippen LogP contribution < -0.4 is 5.32 Å². The van der Waals surface area contributed by atoms with Crippen molar-refractivity contribution < 1.29 is 9.47 Å². The molecule has 2 aliphatic rings. The molecule has 0 radical (unpaired) electrons. The number of rotatable bonds is 6. The fourth-order valence-corrected chi connectivity index (χ4v) is 4.32. The van der Waals surface area contributed by atoms with Crippen LogP contribution in [0.4, 0.5) is 0 Å². The first kappa shape index (κ1) is 24.7. The van der Waals surface area contributed by atoms with Crippen molar-refractivity contribution in [1.29, 1.82) is 0 Å². The van der Waals surface area contributed by atoms with Crippen LogP contribution in [0.5, 0.6) is 0 Å². The molecule has 3 rings (SSSR count). The number of aliphatic imine (C=N–C) groups is 1. The fraction of sp³-hybridized carbons (Fsp3) is 0.667. The summed E-state index contributed by atoms with van der Waals surface area (Å²) in [7, 11) is 1.86. The number of nitrogens with one attached hydrogen (secondary N) is 1. The summed E-state index contributed by atoms with van der Waals surface area (Å²) in [4.78, 5) is 9.31. The van der Waals surface area contributed by atoms with Crippen LogP contribution in [0.1, 0.15) is 31.4 Å². The molecule has 1 aromatic rings. The number of piperidine rings is 1. The predicted octanol–water partition coefficient (Wildman–Crippen LogP) is 3.41. The molecule has 6 nitrogen and oxygen atoms in total. The summed E-state index contributed by atoms with van der Waals surface area (Å²) >= 11 is 6.54. The summed E-state index contributed by atoms with van der Waals surface area (Å²) < 4.78 is 11.3. The highest BCUT2D eigenvalue weighted by atomic mass is 127. The lowest BCUT2D eigenvalue weighted by Crippen LogP contribution is -2.50. The van der Waals surface area contributed by atoms with Gasteiger partial charge < -0.3 is 19.7 Å². The second-order valence-corrected chi connectivity index (χ2v) is 7.66. The molecule has 0 aromatic heterocycles. The molecule has 0 saturated carbocycles. The maximum atomic E-state index is 6.54. The molecule has 8 heteroatoms. The number of hydrogen-bond donors (Lipinski definition) is 1. The van der Waals surface area contributed by atoms with E-state index in [1.807, 2.05) is 19.2 Å². The number of morpholine rings is 1. The highest BCUT2D eigenvalue weighted by Gasteiger charge is 2.26. The van der Waals surface area contributed by atoms with Crippen molar-refractivity contribution in [2.24, 2.45) is 4.99 Å². The Morgan fingerprint density at radius 1 is 1.24 bits per heavy atom. The van der Waals surface area contributed by atoms with Crippen molar-refractivity contribution in [2.45, 2.75) is 31.9 Å². The van der Waals surface area contributed by atoms with Gasteiger partial charge in [-0.15, -0.1) is 24.0 Å². The van der Waals surface area contributed by atoms with Gasteiger partial charge in [-0.2, -0.15) is 0 Å². The number of halogens is 2. The van der Waals surface area contributed by atoms with Gasteiger partial charge in [0.25, 0.3) is 0 Å². The minimum atomic E-state index is 0. The average Bonchev–Trinajstić information content (AvgIpc) is 2.74. The van der Waals surface area contributed by atoms with Gasteiger partial charge in [-0.1, -0.05) is 29.8 Å². The zero-order valence-electron chi connectivity index (χ0n) is 17.5. The van der Waals surface area contributed by atoms with Gasteiger partial charge in [0.2, 0.25) is 0 Å². The maximum absolute atomic E-state index is 6.54. The Balaban J connectivity index is 0.00000300. The van der Waals surface area contributed by atoms with E-state index in [1.165, 1.54) is 0 Å². The Hall–Kier alpha value is -0.610. The number of hydrogen-bond acceptors (Lipinski definition) is 4. The Morgan fingerprint density at radius 3 is 2.55 bits per heavy atom. The van der Waals surface area contributed by atoms with E-state index in [9.17, 15) is 0 Å². The van der Waals surface area contributed by atoms with Crippen molar-refractivity contribution >= 4 is 41.5 Å². The lowest BCUT2D eigenvalue weighted by atomic mass is 10.0. The van der Waals surface area contributed by atoms with Crippen molar-refractivity contribution in [3.05, 3.63) is 34.9 Å². The Kier molecular flexibility index (Phi) is 11.0. The Morgan fingerprint density at radius 2 is 1.93 bits per heavy atom. The highest BCUT2D eigenvalue weighted by molar-refractivity contribution is 14.0. The van der Waals surface area contributed by atoms with Gasteiger partial charge in [-0.25, -0.2) is 0 Å². The van der Waals surface area contributed by atoms with E-state index < -0.39 is 0 Å². The van der Waals surface area contributed by atoms with E-state index in [1.54, 1.807) is 0 Å². The second-order valence-electron chi connectivity index (χ2n) is 7.26. The van der Waals surface area contributed by atoms with Gasteiger partial charge in [0.15, 0.2) is 5.96 Å². The predicted molar refractivity (Wildman–Crippen MR) is 130 cm³/mol. The van der Waals surface area contributed by atoms with Crippen LogP contribution in [0.3, 0.4) is 0 Å². The molecule has 2 heterocycles. The minimum absolute atomic E-state index is 0. The van der Waals surface area contributed by atoms with Crippen molar-refractivity contribution in [3.8, 4) is 0 Å². The lowest BCUT2D eigenvalue weighted by molar-refractivity contribution is 0.0163. The van der Waals surface area contributed by atoms with Crippen LogP contribution >= 0.6 is 35.6 Å². The average molecular weight is 537 g/mol. The van der Waals surface area contributed by atoms with E-state index in [0.29, 0.717) is 6.10 Å². The molecule has 164 valence electrons. The molecule has 1 N–H and O–H groups in total. The highest BCUT2D eigenvalue weighted by Crippen LogP contribution is 2.28. The number of likely N-dealkylation sites (tertiary alicyclic amines) is 1. The molecule has 1 unspecified atom stereocenters. The van der Waals surface area contributed by atoms with Crippen LogP contribution in [0, 0.1) is 0 Å². The summed E-state index contributed by atoms with van der Waals surface area (Å²) in [5.74, 6) is 0.959. The first-order chi connectivity index (χ1) is 13.7. The van der Waals surface area contributed by atoms with Crippen LogP contribution in [0.25, 0.3) is 0 Å². The third-order valence-electron chi connectivity index (χ3n) is 5.56. The normalized spacial score (nSPS) is 20.2. The van der Waals surface area contributed by atoms with Crippen molar-refractivity contribution in [3.63, 3.8) is 0 Å². The number of benzene rings is 1. The largest absolute Gasteiger partial charge is 0.379 e. The monoisotopic (exact) mass is 536 g/mol. The van der Waals surface area contributed by atoms with E-state index >= 15 is 0 Å². The van der Waals surface area contributed by atoms with Gasteiger partial charge >= 0.3 is 0 Å². The zero-order chi connectivity index (χ0) is 19.8. The van der Waals surface area contributed by atoms with Crippen LogP contribution in [-0.4, -0.2) is 81.5 Å². The molecule has 2 saturated heterocycles. The molecular formula is C21H34ClIN4O2. The molecule has 0 aliphatic carbocycles. The van der Waals surface area contributed by atoms with Gasteiger partial charge in [0.1, 0.15) is 0 Å². The third kappa shape index (κ3) is 6.95. The zero-order valence-corrected chi connectivity index (χ0v) is 20.6. The van der Waals surface area contributed by atoms with Gasteiger partial charge in [0, 0.05) is 51.4 Å². The molecule has 0 amide bonds. The van der Waals surface area contributed by atoms with E-state index in [4.69, 9.17) is 21.1 Å². The summed E-state index contributed by atoms with van der Waals surface area (Å²) in [5.41, 5.74) is 1.16. The quantitative estimate of drug-likeness (QED) is 0.343. The first-order valence-corrected chi connectivity index (χ1v) is 10.7. The Labute approximate surface area is 197 Å². The minimum Gasteiger partial charge on any atom is -0.379 e. The van der Waals surface area contributed by atoms with Gasteiger partial charge in [-0.3, -0.25) is 9.89 Å². The molecule has 0 spiro atoms. The molecule has 1 aromatic carbocycles. The molecular weight excluding hydrogens is 503 g/mol. The van der Waals surface area contributed by atoms with Crippen LogP contribution in [-0.2, 0) is 9.47 Å². The van der Waals surface area contributed by atoms with E-state index in [0.717, 1.165) is 81.9 Å². The van der Waals surface area contributed by atoms with E-state index in [2.05, 4.69) is 39.2 Å². The second kappa shape index (κ2) is 12.9. The molecule has 2 aliphatic heterocycles. The molecule has 1 atom stereocenters. The maximum Gasteiger partial charge on any atom is 0.193 e. The molecule has 0 bridgehead atoms. The lowest BCUT2D eigenvalue weighted by Gasteiger charge is -2.37. The molecule has 2 fully saturated rings. The van der Waals surface area contributed by atoms with Gasteiger partial charge in [-0.05, 0) is 31.4 Å². The van der Waals surface area contributed by atoms with Crippen molar-refractivity contribution in [1.82, 2.24) is 15.1 Å². The van der Waals surface area contributed by atoms with Crippen LogP contribution in [0.15, 0.2) is 29.3 Å². The van der Waals surface area contributed by atoms with E-state index in [-0.39, 0.29) is 30.0 Å². The topological polar surface area (TPSA) is 49.3 Å². The summed E-state index contributed by atoms with van der Waals surface area (Å²) in [5, 5.41) is 4.42. The number of nitrogens with zero attached hydrogens (tertiary/aromatic N) is 3. The molecule has 29 heavy (non-hydrogen) atoms. The Bertz CT molecular complexity index is 635. The fourth-order valence-electron chi connectivity index (χ4n) is 4.06. The standard InChI is InChI=1S/C21H33ClN4O2.HI/c1-3-28-17-8-10-26(11-9-17)21(23-2)24-16-20(25-12-14-27-15-13-25)18-6-4-5-7-19(18)22;/h4-7,17,20H,3,8-16H2,1-2H3,(H,23,24);1H. The smallest absolute Gasteiger partial charge is 0.193 e. The summed E-state index contributed by atoms with van der Waals surface area (Å²) in [6.45, 7) is 8.91. The summed E-state index contributed by atoms with van der Waals surface area (Å²) in [6, 6.07) is 8.33. The summed E-state index contributed by atoms with van der Waals surface area (Å²) in [6.07, 6.45) is 2.47. The number of guanidine groups is 1. The SMILES string of the molecule is CCOC1CCN(C(=NC)NCC(c2ccccc2Cl)N2CCOCC2)CC1.I. The van der Waals surface area contributed by atoms with Crippen LogP contribution in [0.2, 0.25) is 5.02 Å². The van der Waals surface area contributed by atoms with Crippen molar-refractivity contribution in [2.75, 3.05) is 59.6 Å².